The summed E-state index contributed by atoms with van der Waals surface area (Å²) in [5, 5.41) is 8.86. The molecule has 0 bridgehead atoms. The van der Waals surface area contributed by atoms with Crippen LogP contribution in [0.1, 0.15) is 5.69 Å². The maximum Gasteiger partial charge on any atom is 0.141 e. The van der Waals surface area contributed by atoms with Crippen LogP contribution in [0.15, 0.2) is 30.3 Å². The van der Waals surface area contributed by atoms with E-state index in [1.54, 1.807) is 18.2 Å². The Labute approximate surface area is 86.0 Å². The molecule has 14 heavy (non-hydrogen) atoms. The third-order valence-corrected chi connectivity index (χ3v) is 2.17. The van der Waals surface area contributed by atoms with Gasteiger partial charge < -0.3 is 5.73 Å². The lowest BCUT2D eigenvalue weighted by molar-refractivity contribution is 1.31. The maximum absolute atomic E-state index is 7.25. The van der Waals surface area contributed by atoms with Crippen molar-refractivity contribution in [2.75, 3.05) is 0 Å². The first-order chi connectivity index (χ1) is 6.66. The van der Waals surface area contributed by atoms with E-state index in [2.05, 4.69) is 4.98 Å². The Morgan fingerprint density at radius 1 is 1.29 bits per heavy atom. The molecular formula is C10H8ClN3. The van der Waals surface area contributed by atoms with Crippen molar-refractivity contribution in [3.8, 4) is 0 Å². The monoisotopic (exact) mass is 205 g/mol. The van der Waals surface area contributed by atoms with Crippen molar-refractivity contribution < 1.29 is 0 Å². The zero-order chi connectivity index (χ0) is 10.1. The summed E-state index contributed by atoms with van der Waals surface area (Å²) in [5.41, 5.74) is 6.56. The van der Waals surface area contributed by atoms with Gasteiger partial charge in [-0.15, -0.1) is 0 Å². The second-order valence-electron chi connectivity index (χ2n) is 2.95. The van der Waals surface area contributed by atoms with Crippen LogP contribution >= 0.6 is 11.6 Å². The van der Waals surface area contributed by atoms with Crippen molar-refractivity contribution in [2.24, 2.45) is 5.73 Å². The summed E-state index contributed by atoms with van der Waals surface area (Å²) in [6, 6.07) is 9.03. The average molecular weight is 206 g/mol. The van der Waals surface area contributed by atoms with E-state index in [0.29, 0.717) is 10.7 Å². The first-order valence-electron chi connectivity index (χ1n) is 4.07. The quantitative estimate of drug-likeness (QED) is 0.554. The van der Waals surface area contributed by atoms with Crippen LogP contribution in [-0.2, 0) is 0 Å². The molecule has 0 radical (unpaired) electrons. The van der Waals surface area contributed by atoms with Gasteiger partial charge in [-0.05, 0) is 18.2 Å². The van der Waals surface area contributed by atoms with E-state index >= 15 is 0 Å². The molecule has 0 saturated carbocycles. The molecule has 0 saturated heterocycles. The first kappa shape index (κ1) is 8.97. The smallest absolute Gasteiger partial charge is 0.141 e. The number of aromatic nitrogens is 1. The van der Waals surface area contributed by atoms with Crippen molar-refractivity contribution in [1.29, 1.82) is 5.41 Å². The Kier molecular flexibility index (Phi) is 2.09. The fourth-order valence-corrected chi connectivity index (χ4v) is 1.41. The molecule has 0 unspecified atom stereocenters. The van der Waals surface area contributed by atoms with Crippen LogP contribution in [0.4, 0.5) is 0 Å². The predicted octanol–water partition coefficient (Wildman–Crippen LogP) is 2.17. The van der Waals surface area contributed by atoms with Gasteiger partial charge in [0.15, 0.2) is 0 Å². The summed E-state index contributed by atoms with van der Waals surface area (Å²) >= 11 is 5.83. The third-order valence-electron chi connectivity index (χ3n) is 1.93. The van der Waals surface area contributed by atoms with E-state index in [1.807, 2.05) is 12.1 Å². The Bertz CT molecular complexity index is 508. The SMILES string of the molecule is N=C(N)c1ccc2ccc(Cl)cc2n1. The van der Waals surface area contributed by atoms with Crippen molar-refractivity contribution in [2.45, 2.75) is 0 Å². The standard InChI is InChI=1S/C10H8ClN3/c11-7-3-1-6-2-4-8(10(12)13)14-9(6)5-7/h1-5H,(H3,12,13). The summed E-state index contributed by atoms with van der Waals surface area (Å²) in [5.74, 6) is -0.0353. The fourth-order valence-electron chi connectivity index (χ4n) is 1.24. The molecule has 4 heteroatoms. The zero-order valence-electron chi connectivity index (χ0n) is 7.29. The molecule has 2 aromatic rings. The normalized spacial score (nSPS) is 10.4. The highest BCUT2D eigenvalue weighted by molar-refractivity contribution is 6.31. The number of halogens is 1. The van der Waals surface area contributed by atoms with Crippen LogP contribution in [0.5, 0.6) is 0 Å². The van der Waals surface area contributed by atoms with Gasteiger partial charge in [0.1, 0.15) is 11.5 Å². The summed E-state index contributed by atoms with van der Waals surface area (Å²) in [4.78, 5) is 4.20. The molecule has 0 atom stereocenters. The van der Waals surface area contributed by atoms with Crippen LogP contribution in [0.2, 0.25) is 5.02 Å². The lowest BCUT2D eigenvalue weighted by Gasteiger charge is -2.00. The van der Waals surface area contributed by atoms with E-state index in [4.69, 9.17) is 22.7 Å². The minimum Gasteiger partial charge on any atom is -0.382 e. The summed E-state index contributed by atoms with van der Waals surface area (Å²) < 4.78 is 0. The maximum atomic E-state index is 7.25. The van der Waals surface area contributed by atoms with Crippen molar-refractivity contribution in [3.05, 3.63) is 41.0 Å². The molecule has 0 spiro atoms. The Hall–Kier alpha value is -1.61. The first-order valence-corrected chi connectivity index (χ1v) is 4.45. The van der Waals surface area contributed by atoms with Crippen LogP contribution in [0, 0.1) is 5.41 Å². The highest BCUT2D eigenvalue weighted by Gasteiger charge is 2.00. The lowest BCUT2D eigenvalue weighted by atomic mass is 10.2. The number of nitrogens with one attached hydrogen (secondary N) is 1. The van der Waals surface area contributed by atoms with Crippen LogP contribution in [0.25, 0.3) is 10.9 Å². The molecule has 0 aliphatic carbocycles. The number of nitrogen functional groups attached to an aromatic ring is 1. The van der Waals surface area contributed by atoms with E-state index in [9.17, 15) is 0 Å². The van der Waals surface area contributed by atoms with Gasteiger partial charge in [-0.25, -0.2) is 4.98 Å². The second kappa shape index (κ2) is 3.27. The van der Waals surface area contributed by atoms with Crippen LogP contribution < -0.4 is 5.73 Å². The van der Waals surface area contributed by atoms with E-state index in [0.717, 1.165) is 10.9 Å². The molecule has 1 aromatic heterocycles. The third kappa shape index (κ3) is 1.54. The minimum atomic E-state index is -0.0353. The number of nitrogens with zero attached hydrogens (tertiary/aromatic N) is 1. The van der Waals surface area contributed by atoms with E-state index in [-0.39, 0.29) is 5.84 Å². The van der Waals surface area contributed by atoms with Crippen molar-refractivity contribution >= 4 is 28.3 Å². The van der Waals surface area contributed by atoms with Gasteiger partial charge in [-0.3, -0.25) is 5.41 Å². The number of nitrogens with two attached hydrogens (primary N) is 1. The second-order valence-corrected chi connectivity index (χ2v) is 3.38. The topological polar surface area (TPSA) is 62.8 Å². The Morgan fingerprint density at radius 3 is 2.71 bits per heavy atom. The average Bonchev–Trinajstić information content (AvgIpc) is 2.16. The molecule has 3 N–H and O–H groups in total. The number of hydrogen-bond donors (Lipinski definition) is 2. The largest absolute Gasteiger partial charge is 0.382 e. The van der Waals surface area contributed by atoms with Crippen LogP contribution in [0.3, 0.4) is 0 Å². The Balaban J connectivity index is 2.69. The van der Waals surface area contributed by atoms with Gasteiger partial charge in [0, 0.05) is 10.4 Å². The number of fused-ring (bicyclic) bond motifs is 1. The van der Waals surface area contributed by atoms with Crippen molar-refractivity contribution in [3.63, 3.8) is 0 Å². The van der Waals surface area contributed by atoms with E-state index in [1.165, 1.54) is 0 Å². The molecule has 70 valence electrons. The van der Waals surface area contributed by atoms with Crippen molar-refractivity contribution in [1.82, 2.24) is 4.98 Å². The summed E-state index contributed by atoms with van der Waals surface area (Å²) in [6.07, 6.45) is 0. The summed E-state index contributed by atoms with van der Waals surface area (Å²) in [6.45, 7) is 0. The number of hydrogen-bond acceptors (Lipinski definition) is 2. The van der Waals surface area contributed by atoms with E-state index < -0.39 is 0 Å². The highest BCUT2D eigenvalue weighted by atomic mass is 35.5. The fraction of sp³-hybridized carbons (Fsp3) is 0. The van der Waals surface area contributed by atoms with Gasteiger partial charge >= 0.3 is 0 Å². The van der Waals surface area contributed by atoms with Gasteiger partial charge in [0.05, 0.1) is 5.52 Å². The zero-order valence-corrected chi connectivity index (χ0v) is 8.05. The lowest BCUT2D eigenvalue weighted by Crippen LogP contribution is -2.12. The Morgan fingerprint density at radius 2 is 2.00 bits per heavy atom. The summed E-state index contributed by atoms with van der Waals surface area (Å²) in [7, 11) is 0. The molecular weight excluding hydrogens is 198 g/mol. The predicted molar refractivity (Wildman–Crippen MR) is 57.8 cm³/mol. The number of amidine groups is 1. The molecule has 0 aliphatic heterocycles. The van der Waals surface area contributed by atoms with Gasteiger partial charge in [0.2, 0.25) is 0 Å². The molecule has 0 fully saturated rings. The number of pyridine rings is 1. The van der Waals surface area contributed by atoms with Gasteiger partial charge in [-0.1, -0.05) is 23.7 Å². The molecule has 0 aliphatic rings. The molecule has 0 amide bonds. The molecule has 3 nitrogen and oxygen atoms in total. The minimum absolute atomic E-state index is 0.0353. The highest BCUT2D eigenvalue weighted by Crippen LogP contribution is 2.17. The van der Waals surface area contributed by atoms with Crippen LogP contribution in [-0.4, -0.2) is 10.8 Å². The number of rotatable bonds is 1. The van der Waals surface area contributed by atoms with Gasteiger partial charge in [0.25, 0.3) is 0 Å². The number of benzene rings is 1. The molecule has 1 aromatic carbocycles. The molecule has 1 heterocycles. The molecule has 2 rings (SSSR count). The van der Waals surface area contributed by atoms with Gasteiger partial charge in [-0.2, -0.15) is 0 Å².